The van der Waals surface area contributed by atoms with Crippen LogP contribution in [0.4, 0.5) is 5.13 Å². The summed E-state index contributed by atoms with van der Waals surface area (Å²) < 4.78 is 6.63. The molecule has 0 aliphatic heterocycles. The van der Waals surface area contributed by atoms with E-state index in [1.54, 1.807) is 24.3 Å². The molecule has 0 bridgehead atoms. The number of fused-ring (bicyclic) bond motifs is 1. The Morgan fingerprint density at radius 3 is 2.74 bits per heavy atom. The van der Waals surface area contributed by atoms with Crippen molar-refractivity contribution in [3.8, 4) is 11.3 Å². The number of benzene rings is 2. The Labute approximate surface area is 173 Å². The number of hydrogen-bond donors (Lipinski definition) is 1. The number of hydrogen-bond acceptors (Lipinski definition) is 4. The van der Waals surface area contributed by atoms with Gasteiger partial charge in [0.1, 0.15) is 5.58 Å². The van der Waals surface area contributed by atoms with Crippen molar-refractivity contribution in [3.05, 3.63) is 68.7 Å². The Bertz CT molecular complexity index is 1130. The van der Waals surface area contributed by atoms with Crippen molar-refractivity contribution in [2.24, 2.45) is 0 Å². The fourth-order valence-electron chi connectivity index (χ4n) is 2.76. The summed E-state index contributed by atoms with van der Waals surface area (Å²) in [5.41, 5.74) is 2.53. The molecule has 2 aromatic heterocycles. The highest BCUT2D eigenvalue weighted by Gasteiger charge is 2.17. The third-order valence-electron chi connectivity index (χ3n) is 4.06. The molecule has 0 fully saturated rings. The zero-order chi connectivity index (χ0) is 19.0. The van der Waals surface area contributed by atoms with E-state index in [1.807, 2.05) is 24.3 Å². The second kappa shape index (κ2) is 7.46. The van der Waals surface area contributed by atoms with Crippen LogP contribution in [0.2, 0.25) is 5.02 Å². The van der Waals surface area contributed by atoms with Gasteiger partial charge in [0, 0.05) is 25.3 Å². The van der Waals surface area contributed by atoms with Crippen molar-refractivity contribution in [3.63, 3.8) is 0 Å². The highest BCUT2D eigenvalue weighted by molar-refractivity contribution is 9.10. The first-order valence-corrected chi connectivity index (χ1v) is 10.3. The Morgan fingerprint density at radius 2 is 2.00 bits per heavy atom. The van der Waals surface area contributed by atoms with Crippen LogP contribution in [-0.2, 0) is 6.42 Å². The lowest BCUT2D eigenvalue weighted by atomic mass is 10.1. The van der Waals surface area contributed by atoms with Crippen molar-refractivity contribution >= 4 is 60.9 Å². The molecule has 27 heavy (non-hydrogen) atoms. The van der Waals surface area contributed by atoms with Crippen LogP contribution in [0, 0.1) is 0 Å². The number of aryl methyl sites for hydroxylation is 1. The molecule has 2 heterocycles. The van der Waals surface area contributed by atoms with Crippen LogP contribution in [-0.4, -0.2) is 10.9 Å². The summed E-state index contributed by atoms with van der Waals surface area (Å²) in [6.45, 7) is 2.07. The molecule has 1 N–H and O–H groups in total. The maximum atomic E-state index is 12.6. The van der Waals surface area contributed by atoms with Gasteiger partial charge in [0.2, 0.25) is 0 Å². The molecule has 0 radical (unpaired) electrons. The maximum absolute atomic E-state index is 12.6. The molecule has 4 aromatic rings. The summed E-state index contributed by atoms with van der Waals surface area (Å²) in [4.78, 5) is 18.3. The summed E-state index contributed by atoms with van der Waals surface area (Å²) >= 11 is 10.9. The molecule has 2 aromatic carbocycles. The third-order valence-corrected chi connectivity index (χ3v) is 5.94. The second-order valence-corrected chi connectivity index (χ2v) is 8.33. The first-order chi connectivity index (χ1) is 13.0. The molecule has 4 nitrogen and oxygen atoms in total. The van der Waals surface area contributed by atoms with E-state index in [0.717, 1.165) is 32.4 Å². The van der Waals surface area contributed by atoms with Gasteiger partial charge in [0.25, 0.3) is 5.91 Å². The van der Waals surface area contributed by atoms with Gasteiger partial charge in [-0.05, 0) is 42.8 Å². The summed E-state index contributed by atoms with van der Waals surface area (Å²) in [6.07, 6.45) is 0.835. The van der Waals surface area contributed by atoms with E-state index >= 15 is 0 Å². The number of rotatable bonds is 4. The predicted molar refractivity (Wildman–Crippen MR) is 114 cm³/mol. The molecule has 0 unspecified atom stereocenters. The molecular formula is C20H14BrClN2O2S. The average Bonchev–Trinajstić information content (AvgIpc) is 3.25. The summed E-state index contributed by atoms with van der Waals surface area (Å²) in [6, 6.07) is 14.9. The van der Waals surface area contributed by atoms with Gasteiger partial charge >= 0.3 is 0 Å². The Morgan fingerprint density at radius 1 is 1.22 bits per heavy atom. The number of aromatic nitrogens is 1. The quantitative estimate of drug-likeness (QED) is 0.364. The third kappa shape index (κ3) is 3.78. The van der Waals surface area contributed by atoms with Gasteiger partial charge in [-0.25, -0.2) is 4.98 Å². The lowest BCUT2D eigenvalue weighted by Crippen LogP contribution is -2.10. The van der Waals surface area contributed by atoms with Gasteiger partial charge in [-0.2, -0.15) is 0 Å². The largest absolute Gasteiger partial charge is 0.451 e. The average molecular weight is 462 g/mol. The molecule has 0 aliphatic carbocycles. The molecule has 0 saturated heterocycles. The van der Waals surface area contributed by atoms with Crippen molar-refractivity contribution in [1.82, 2.24) is 4.98 Å². The van der Waals surface area contributed by atoms with Crippen LogP contribution in [0.1, 0.15) is 22.4 Å². The second-order valence-electron chi connectivity index (χ2n) is 5.90. The minimum Gasteiger partial charge on any atom is -0.451 e. The first kappa shape index (κ1) is 18.2. The molecule has 0 aliphatic rings. The molecule has 0 spiro atoms. The zero-order valence-electron chi connectivity index (χ0n) is 14.3. The van der Waals surface area contributed by atoms with E-state index in [-0.39, 0.29) is 11.7 Å². The van der Waals surface area contributed by atoms with E-state index in [9.17, 15) is 4.79 Å². The highest BCUT2D eigenvalue weighted by atomic mass is 79.9. The number of furan rings is 1. The van der Waals surface area contributed by atoms with Crippen molar-refractivity contribution < 1.29 is 9.21 Å². The number of amides is 1. The number of carbonyl (C=O) groups excluding carboxylic acids is 1. The minimum absolute atomic E-state index is 0.228. The molecule has 0 atom stereocenters. The SMILES string of the molecule is CCc1sc(NC(=O)c2cc3cc(Cl)ccc3o2)nc1-c1ccc(Br)cc1. The van der Waals surface area contributed by atoms with Gasteiger partial charge in [0.05, 0.1) is 5.69 Å². The zero-order valence-corrected chi connectivity index (χ0v) is 17.4. The van der Waals surface area contributed by atoms with Crippen LogP contribution in [0.3, 0.4) is 0 Å². The monoisotopic (exact) mass is 460 g/mol. The van der Waals surface area contributed by atoms with Gasteiger partial charge in [-0.3, -0.25) is 10.1 Å². The number of thiazole rings is 1. The Balaban J connectivity index is 1.61. The number of carbonyl (C=O) groups is 1. The number of anilines is 1. The van der Waals surface area contributed by atoms with Gasteiger partial charge < -0.3 is 4.42 Å². The van der Waals surface area contributed by atoms with Gasteiger partial charge in [-0.15, -0.1) is 11.3 Å². The molecule has 0 saturated carbocycles. The topological polar surface area (TPSA) is 55.1 Å². The Hall–Kier alpha value is -2.15. The standard InChI is InChI=1S/C20H14BrClN2O2S/c1-2-17-18(11-3-5-13(21)6-4-11)23-20(27-17)24-19(25)16-10-12-9-14(22)7-8-15(12)26-16/h3-10H,2H2,1H3,(H,23,24,25). The van der Waals surface area contributed by atoms with Crippen LogP contribution in [0.15, 0.2) is 57.4 Å². The molecule has 1 amide bonds. The number of nitrogens with one attached hydrogen (secondary N) is 1. The van der Waals surface area contributed by atoms with Crippen LogP contribution >= 0.6 is 38.9 Å². The van der Waals surface area contributed by atoms with E-state index in [4.69, 9.17) is 16.0 Å². The van der Waals surface area contributed by atoms with Crippen LogP contribution in [0.5, 0.6) is 0 Å². The van der Waals surface area contributed by atoms with Crippen molar-refractivity contribution in [1.29, 1.82) is 0 Å². The smallest absolute Gasteiger partial charge is 0.293 e. The fourth-order valence-corrected chi connectivity index (χ4v) is 4.13. The summed E-state index contributed by atoms with van der Waals surface area (Å²) in [5.74, 6) is -0.105. The van der Waals surface area contributed by atoms with E-state index in [2.05, 4.69) is 33.2 Å². The van der Waals surface area contributed by atoms with E-state index < -0.39 is 0 Å². The summed E-state index contributed by atoms with van der Waals surface area (Å²) in [5, 5.41) is 4.78. The number of nitrogens with zero attached hydrogens (tertiary/aromatic N) is 1. The molecule has 136 valence electrons. The van der Waals surface area contributed by atoms with Crippen LogP contribution in [0.25, 0.3) is 22.2 Å². The van der Waals surface area contributed by atoms with Crippen molar-refractivity contribution in [2.45, 2.75) is 13.3 Å². The highest BCUT2D eigenvalue weighted by Crippen LogP contribution is 2.33. The maximum Gasteiger partial charge on any atom is 0.293 e. The van der Waals surface area contributed by atoms with E-state index in [0.29, 0.717) is 15.7 Å². The van der Waals surface area contributed by atoms with Crippen molar-refractivity contribution in [2.75, 3.05) is 5.32 Å². The molecule has 4 rings (SSSR count). The lowest BCUT2D eigenvalue weighted by Gasteiger charge is -2.00. The fraction of sp³-hybridized carbons (Fsp3) is 0.100. The lowest BCUT2D eigenvalue weighted by molar-refractivity contribution is 0.0998. The first-order valence-electron chi connectivity index (χ1n) is 8.29. The molecule has 7 heteroatoms. The normalized spacial score (nSPS) is 11.1. The number of halogens is 2. The molecular weight excluding hydrogens is 448 g/mol. The van der Waals surface area contributed by atoms with Crippen LogP contribution < -0.4 is 5.32 Å². The van der Waals surface area contributed by atoms with Gasteiger partial charge in [-0.1, -0.05) is 46.6 Å². The summed E-state index contributed by atoms with van der Waals surface area (Å²) in [7, 11) is 0. The van der Waals surface area contributed by atoms with E-state index in [1.165, 1.54) is 11.3 Å². The van der Waals surface area contributed by atoms with Gasteiger partial charge in [0.15, 0.2) is 10.9 Å². The Kier molecular flexibility index (Phi) is 5.04. The minimum atomic E-state index is -0.332. The predicted octanol–water partition coefficient (Wildman–Crippen LogP) is 6.79.